The Bertz CT molecular complexity index is 1500. The fraction of sp³-hybridized carbons (Fsp3) is 0.0968. The summed E-state index contributed by atoms with van der Waals surface area (Å²) < 4.78 is 24.2. The highest BCUT2D eigenvalue weighted by atomic mass is 19.1. The average Bonchev–Trinajstić information content (AvgIpc) is 2.96. The van der Waals surface area contributed by atoms with Crippen molar-refractivity contribution in [2.45, 2.75) is 6.54 Å². The molecule has 0 unspecified atom stereocenters. The topological polar surface area (TPSA) is 103 Å². The van der Waals surface area contributed by atoms with Gasteiger partial charge in [-0.25, -0.2) is 4.39 Å². The summed E-state index contributed by atoms with van der Waals surface area (Å²) in [6.45, 7) is 0.219. The lowest BCUT2D eigenvalue weighted by molar-refractivity contribution is -0.115. The minimum atomic E-state index is -0.399. The van der Waals surface area contributed by atoms with Gasteiger partial charge in [-0.1, -0.05) is 42.5 Å². The first-order chi connectivity index (χ1) is 18.9. The van der Waals surface area contributed by atoms with E-state index in [0.29, 0.717) is 45.1 Å². The standard InChI is InChI=1S/C31H28FN3O4/c1-38-28-16-9-21(18-29(28)39-2)17-25(22-12-14-24(32)15-13-22)31(37)34-19-20-7-10-23(11-8-20)30(36)35-27-6-4-3-5-26(27)33/h3-18H,19,33H2,1-2H3,(H,34,37)(H,35,36). The van der Waals surface area contributed by atoms with Crippen LogP contribution < -0.4 is 25.8 Å². The molecule has 0 aliphatic carbocycles. The number of para-hydroxylation sites is 2. The largest absolute Gasteiger partial charge is 0.493 e. The lowest BCUT2D eigenvalue weighted by Gasteiger charge is -2.12. The van der Waals surface area contributed by atoms with Crippen LogP contribution in [-0.4, -0.2) is 26.0 Å². The van der Waals surface area contributed by atoms with Gasteiger partial charge in [0.2, 0.25) is 0 Å². The van der Waals surface area contributed by atoms with E-state index < -0.39 is 5.82 Å². The van der Waals surface area contributed by atoms with E-state index in [-0.39, 0.29) is 18.4 Å². The number of nitrogen functional groups attached to an aromatic ring is 1. The third kappa shape index (κ3) is 6.81. The van der Waals surface area contributed by atoms with Gasteiger partial charge in [-0.2, -0.15) is 0 Å². The van der Waals surface area contributed by atoms with Crippen LogP contribution in [0.3, 0.4) is 0 Å². The van der Waals surface area contributed by atoms with Gasteiger partial charge in [0.25, 0.3) is 11.8 Å². The number of carbonyl (C=O) groups excluding carboxylic acids is 2. The molecule has 0 saturated carbocycles. The van der Waals surface area contributed by atoms with Gasteiger partial charge < -0.3 is 25.8 Å². The molecular weight excluding hydrogens is 497 g/mol. The molecule has 4 N–H and O–H groups in total. The summed E-state index contributed by atoms with van der Waals surface area (Å²) in [5.41, 5.74) is 9.76. The quantitative estimate of drug-likeness (QED) is 0.151. The highest BCUT2D eigenvalue weighted by Crippen LogP contribution is 2.29. The maximum Gasteiger partial charge on any atom is 0.255 e. The van der Waals surface area contributed by atoms with Crippen LogP contribution in [0.25, 0.3) is 11.6 Å². The van der Waals surface area contributed by atoms with E-state index in [2.05, 4.69) is 10.6 Å². The van der Waals surface area contributed by atoms with Crippen LogP contribution in [0.15, 0.2) is 91.0 Å². The summed E-state index contributed by atoms with van der Waals surface area (Å²) >= 11 is 0. The predicted molar refractivity (Wildman–Crippen MR) is 151 cm³/mol. The summed E-state index contributed by atoms with van der Waals surface area (Å²) in [5, 5.41) is 5.69. The van der Waals surface area contributed by atoms with Crippen LogP contribution in [0.4, 0.5) is 15.8 Å². The molecule has 4 rings (SSSR count). The number of nitrogens with one attached hydrogen (secondary N) is 2. The molecule has 0 saturated heterocycles. The summed E-state index contributed by atoms with van der Waals surface area (Å²) in [6, 6.07) is 24.9. The average molecular weight is 526 g/mol. The molecule has 8 heteroatoms. The van der Waals surface area contributed by atoms with Crippen LogP contribution >= 0.6 is 0 Å². The SMILES string of the molecule is COc1ccc(C=C(C(=O)NCc2ccc(C(=O)Nc3ccccc3N)cc2)c2ccc(F)cc2)cc1OC. The number of ether oxygens (including phenoxy) is 2. The van der Waals surface area contributed by atoms with Crippen molar-refractivity contribution in [3.63, 3.8) is 0 Å². The van der Waals surface area contributed by atoms with E-state index in [1.165, 1.54) is 19.2 Å². The van der Waals surface area contributed by atoms with E-state index >= 15 is 0 Å². The molecule has 198 valence electrons. The number of halogens is 1. The highest BCUT2D eigenvalue weighted by molar-refractivity contribution is 6.24. The summed E-state index contributed by atoms with van der Waals surface area (Å²) in [6.07, 6.45) is 1.70. The second-order valence-electron chi connectivity index (χ2n) is 8.60. The van der Waals surface area contributed by atoms with Gasteiger partial charge in [0.15, 0.2) is 11.5 Å². The number of rotatable bonds is 9. The van der Waals surface area contributed by atoms with Gasteiger partial charge in [0.05, 0.1) is 25.6 Å². The second-order valence-corrected chi connectivity index (χ2v) is 8.60. The minimum absolute atomic E-state index is 0.219. The fourth-order valence-electron chi connectivity index (χ4n) is 3.88. The lowest BCUT2D eigenvalue weighted by atomic mass is 10.0. The number of benzene rings is 4. The number of methoxy groups -OCH3 is 2. The van der Waals surface area contributed by atoms with Crippen molar-refractivity contribution in [2.24, 2.45) is 0 Å². The molecule has 0 aromatic heterocycles. The summed E-state index contributed by atoms with van der Waals surface area (Å²) in [7, 11) is 3.08. The summed E-state index contributed by atoms with van der Waals surface area (Å²) in [5.74, 6) is 0.0393. The molecular formula is C31H28FN3O4. The first kappa shape index (κ1) is 26.9. The van der Waals surface area contributed by atoms with Gasteiger partial charge in [0, 0.05) is 17.7 Å². The molecule has 39 heavy (non-hydrogen) atoms. The Morgan fingerprint density at radius 2 is 1.51 bits per heavy atom. The van der Waals surface area contributed by atoms with E-state index in [0.717, 1.165) is 5.56 Å². The first-order valence-electron chi connectivity index (χ1n) is 12.1. The zero-order valence-corrected chi connectivity index (χ0v) is 21.5. The van der Waals surface area contributed by atoms with Crippen LogP contribution in [0, 0.1) is 5.82 Å². The zero-order chi connectivity index (χ0) is 27.8. The Balaban J connectivity index is 1.50. The number of amides is 2. The molecule has 0 fully saturated rings. The molecule has 0 bridgehead atoms. The monoisotopic (exact) mass is 525 g/mol. The fourth-order valence-corrected chi connectivity index (χ4v) is 3.88. The first-order valence-corrected chi connectivity index (χ1v) is 12.1. The van der Waals surface area contributed by atoms with Gasteiger partial charge >= 0.3 is 0 Å². The van der Waals surface area contributed by atoms with Crippen molar-refractivity contribution in [3.05, 3.63) is 119 Å². The van der Waals surface area contributed by atoms with Gasteiger partial charge in [-0.3, -0.25) is 9.59 Å². The van der Waals surface area contributed by atoms with Crippen LogP contribution in [0.1, 0.15) is 27.0 Å². The zero-order valence-electron chi connectivity index (χ0n) is 21.5. The molecule has 0 aliphatic heterocycles. The Morgan fingerprint density at radius 1 is 0.846 bits per heavy atom. The molecule has 0 radical (unpaired) electrons. The van der Waals surface area contributed by atoms with Crippen molar-refractivity contribution >= 4 is 34.8 Å². The Labute approximate surface area is 226 Å². The van der Waals surface area contributed by atoms with Gasteiger partial charge in [0.1, 0.15) is 5.82 Å². The molecule has 0 atom stereocenters. The third-order valence-corrected chi connectivity index (χ3v) is 6.00. The number of hydrogen-bond acceptors (Lipinski definition) is 5. The third-order valence-electron chi connectivity index (χ3n) is 6.00. The van der Waals surface area contributed by atoms with Crippen molar-refractivity contribution < 1.29 is 23.5 Å². The van der Waals surface area contributed by atoms with Gasteiger partial charge in [-0.15, -0.1) is 0 Å². The van der Waals surface area contributed by atoms with E-state index in [1.807, 2.05) is 0 Å². The predicted octanol–water partition coefficient (Wildman–Crippen LogP) is 5.53. The maximum atomic E-state index is 13.6. The van der Waals surface area contributed by atoms with E-state index in [9.17, 15) is 14.0 Å². The number of anilines is 2. The van der Waals surface area contributed by atoms with E-state index in [4.69, 9.17) is 15.2 Å². The Morgan fingerprint density at radius 3 is 2.18 bits per heavy atom. The molecule has 2 amide bonds. The number of nitrogens with two attached hydrogens (primary N) is 1. The van der Waals surface area contributed by atoms with Gasteiger partial charge in [-0.05, 0) is 71.3 Å². The molecule has 0 spiro atoms. The smallest absolute Gasteiger partial charge is 0.255 e. The van der Waals surface area contributed by atoms with Crippen LogP contribution in [0.5, 0.6) is 11.5 Å². The minimum Gasteiger partial charge on any atom is -0.493 e. The molecule has 4 aromatic carbocycles. The lowest BCUT2D eigenvalue weighted by Crippen LogP contribution is -2.24. The molecule has 4 aromatic rings. The van der Waals surface area contributed by atoms with Crippen molar-refractivity contribution in [1.82, 2.24) is 5.32 Å². The second kappa shape index (κ2) is 12.4. The van der Waals surface area contributed by atoms with E-state index in [1.54, 1.807) is 92.0 Å². The van der Waals surface area contributed by atoms with Crippen molar-refractivity contribution in [2.75, 3.05) is 25.3 Å². The molecule has 0 heterocycles. The normalized spacial score (nSPS) is 11.0. The van der Waals surface area contributed by atoms with Crippen molar-refractivity contribution in [1.29, 1.82) is 0 Å². The number of hydrogen-bond donors (Lipinski definition) is 3. The van der Waals surface area contributed by atoms with Crippen LogP contribution in [-0.2, 0) is 11.3 Å². The summed E-state index contributed by atoms with van der Waals surface area (Å²) in [4.78, 5) is 25.9. The highest BCUT2D eigenvalue weighted by Gasteiger charge is 2.14. The Kier molecular flexibility index (Phi) is 8.58. The van der Waals surface area contributed by atoms with Crippen molar-refractivity contribution in [3.8, 4) is 11.5 Å². The number of carbonyl (C=O) groups is 2. The van der Waals surface area contributed by atoms with Crippen LogP contribution in [0.2, 0.25) is 0 Å². The molecule has 0 aliphatic rings. The maximum absolute atomic E-state index is 13.6. The molecule has 7 nitrogen and oxygen atoms in total. The Hall–Kier alpha value is -5.11.